The summed E-state index contributed by atoms with van der Waals surface area (Å²) in [7, 11) is 0. The molecule has 0 aromatic rings. The van der Waals surface area contributed by atoms with Crippen molar-refractivity contribution in [2.75, 3.05) is 6.61 Å². The molecular formula is C3H7NO3. The number of carbonyl (C=O) groups is 1. The van der Waals surface area contributed by atoms with Crippen molar-refractivity contribution in [2.45, 2.75) is 6.04 Å². The summed E-state index contributed by atoms with van der Waals surface area (Å²) in [6.45, 7) is -0.505. The Hall–Kier alpha value is -0.610. The highest BCUT2D eigenvalue weighted by Gasteiger charge is 2.06. The van der Waals surface area contributed by atoms with Crippen molar-refractivity contribution in [1.29, 1.82) is 0 Å². The van der Waals surface area contributed by atoms with Crippen LogP contribution in [0.15, 0.2) is 0 Å². The van der Waals surface area contributed by atoms with Crippen molar-refractivity contribution >= 4 is 5.97 Å². The number of carboxylic acids is 1. The van der Waals surface area contributed by atoms with E-state index >= 15 is 0 Å². The van der Waals surface area contributed by atoms with Gasteiger partial charge in [-0.1, -0.05) is 0 Å². The lowest BCUT2D eigenvalue weighted by Gasteiger charge is -1.96. The highest BCUT2D eigenvalue weighted by Crippen LogP contribution is 1.71. The van der Waals surface area contributed by atoms with Crippen molar-refractivity contribution in [1.82, 2.24) is 0 Å². The van der Waals surface area contributed by atoms with Gasteiger partial charge in [-0.2, -0.15) is 0 Å². The number of hydrogen-bond donors (Lipinski definition) is 3. The highest BCUT2D eigenvalue weighted by atomic mass is 16.4. The van der Waals surface area contributed by atoms with Crippen LogP contribution >= 0.6 is 0 Å². The number of rotatable bonds is 2. The third-order valence-corrected chi connectivity index (χ3v) is 0.514. The van der Waals surface area contributed by atoms with Crippen LogP contribution in [0, 0.1) is 0 Å². The van der Waals surface area contributed by atoms with Gasteiger partial charge in [-0.05, 0) is 0 Å². The molecule has 0 aliphatic heterocycles. The second kappa shape index (κ2) is 2.54. The van der Waals surface area contributed by atoms with Gasteiger partial charge in [-0.15, -0.1) is 0 Å². The Kier molecular flexibility index (Phi) is 2.32. The van der Waals surface area contributed by atoms with E-state index in [1.165, 1.54) is 0 Å². The van der Waals surface area contributed by atoms with Gasteiger partial charge in [0.15, 0.2) is 0 Å². The molecule has 0 radical (unpaired) electrons. The average molecular weight is 106 g/mol. The molecule has 0 aromatic carbocycles. The molecule has 0 aliphatic rings. The maximum Gasteiger partial charge on any atom is 0.322 e. The van der Waals surface area contributed by atoms with Crippen molar-refractivity contribution < 1.29 is 15.0 Å². The van der Waals surface area contributed by atoms with E-state index in [2.05, 4.69) is 0 Å². The van der Waals surface area contributed by atoms with Gasteiger partial charge >= 0.3 is 5.97 Å². The Morgan fingerprint density at radius 3 is 2.29 bits per heavy atom. The number of aliphatic hydroxyl groups excluding tert-OH is 1. The van der Waals surface area contributed by atoms with Crippen LogP contribution in [0.5, 0.6) is 0 Å². The van der Waals surface area contributed by atoms with Crippen LogP contribution in [-0.4, -0.2) is 28.8 Å². The molecule has 4 heteroatoms. The van der Waals surface area contributed by atoms with Gasteiger partial charge in [-0.3, -0.25) is 4.79 Å². The molecule has 7 heavy (non-hydrogen) atoms. The third-order valence-electron chi connectivity index (χ3n) is 0.514. The Labute approximate surface area is 40.6 Å². The van der Waals surface area contributed by atoms with E-state index in [9.17, 15) is 4.79 Å². The van der Waals surface area contributed by atoms with E-state index in [4.69, 9.17) is 15.9 Å². The Bertz CT molecular complexity index is 72.6. The van der Waals surface area contributed by atoms with Gasteiger partial charge in [0.05, 0.1) is 6.61 Å². The third kappa shape index (κ3) is 2.13. The van der Waals surface area contributed by atoms with E-state index in [0.29, 0.717) is 0 Å². The van der Waals surface area contributed by atoms with Gasteiger partial charge in [-0.25, -0.2) is 0 Å². The zero-order chi connectivity index (χ0) is 5.86. The summed E-state index contributed by atoms with van der Waals surface area (Å²) in [6, 6.07) is -1.13. The maximum atomic E-state index is 9.65. The predicted molar refractivity (Wildman–Crippen MR) is 22.7 cm³/mol. The van der Waals surface area contributed by atoms with Crippen molar-refractivity contribution in [3.8, 4) is 0 Å². The smallest absolute Gasteiger partial charge is 0.322 e. The first-order valence-corrected chi connectivity index (χ1v) is 1.77. The Balaban J connectivity index is 3.34. The van der Waals surface area contributed by atoms with Crippen LogP contribution in [0.4, 0.5) is 0 Å². The van der Waals surface area contributed by atoms with Crippen molar-refractivity contribution in [3.05, 3.63) is 0 Å². The Morgan fingerprint density at radius 1 is 1.86 bits per heavy atom. The predicted octanol–water partition coefficient (Wildman–Crippen LogP) is -1.61. The molecule has 0 rings (SSSR count). The van der Waals surface area contributed by atoms with Gasteiger partial charge in [0.2, 0.25) is 0 Å². The SMILES string of the molecule is N[C@@H]([13CH2]O)C(=O)O. The minimum Gasteiger partial charge on any atom is -0.480 e. The first kappa shape index (κ1) is 6.39. The number of hydrogen-bond acceptors (Lipinski definition) is 3. The molecule has 0 saturated heterocycles. The van der Waals surface area contributed by atoms with Crippen LogP contribution in [0.1, 0.15) is 0 Å². The lowest BCUT2D eigenvalue weighted by atomic mass is 10.5. The van der Waals surface area contributed by atoms with E-state index in [1.807, 2.05) is 0 Å². The molecule has 4 nitrogen and oxygen atoms in total. The largest absolute Gasteiger partial charge is 0.480 e. The van der Waals surface area contributed by atoms with Crippen molar-refractivity contribution in [2.24, 2.45) is 5.73 Å². The topological polar surface area (TPSA) is 83.5 Å². The lowest BCUT2D eigenvalue weighted by Crippen LogP contribution is -2.33. The summed E-state index contributed by atoms with van der Waals surface area (Å²) in [5.74, 6) is -1.18. The summed E-state index contributed by atoms with van der Waals surface area (Å²) in [6.07, 6.45) is 0. The normalized spacial score (nSPS) is 13.4. The van der Waals surface area contributed by atoms with E-state index in [1.54, 1.807) is 0 Å². The number of carboxylic acid groups (broad SMARTS) is 1. The second-order valence-corrected chi connectivity index (χ2v) is 1.13. The molecule has 0 unspecified atom stereocenters. The molecule has 0 heterocycles. The summed E-state index contributed by atoms with van der Waals surface area (Å²) >= 11 is 0. The highest BCUT2D eigenvalue weighted by molar-refractivity contribution is 5.73. The van der Waals surface area contributed by atoms with Gasteiger partial charge in [0.1, 0.15) is 6.04 Å². The van der Waals surface area contributed by atoms with Crippen LogP contribution in [0.25, 0.3) is 0 Å². The first-order valence-electron chi connectivity index (χ1n) is 1.77. The summed E-state index contributed by atoms with van der Waals surface area (Å²) in [4.78, 5) is 9.65. The quantitative estimate of drug-likeness (QED) is 0.370. The Morgan fingerprint density at radius 2 is 2.29 bits per heavy atom. The zero-order valence-electron chi connectivity index (χ0n) is 3.66. The van der Waals surface area contributed by atoms with E-state index < -0.39 is 18.6 Å². The maximum absolute atomic E-state index is 9.65. The van der Waals surface area contributed by atoms with Crippen LogP contribution in [-0.2, 0) is 4.79 Å². The van der Waals surface area contributed by atoms with E-state index in [-0.39, 0.29) is 0 Å². The monoisotopic (exact) mass is 106 g/mol. The van der Waals surface area contributed by atoms with Gasteiger partial charge in [0.25, 0.3) is 0 Å². The molecule has 0 aliphatic carbocycles. The standard InChI is InChI=1S/C3H7NO3/c4-2(1-5)3(6)7/h2,5H,1,4H2,(H,6,7)/t2-/m0/s1/i1+1. The first-order chi connectivity index (χ1) is 3.18. The number of aliphatic hydroxyl groups is 1. The molecule has 4 N–H and O–H groups in total. The number of nitrogens with two attached hydrogens (primary N) is 1. The minimum atomic E-state index is -1.18. The fourth-order valence-electron chi connectivity index (χ4n) is 0.0781. The molecule has 0 aromatic heterocycles. The van der Waals surface area contributed by atoms with Gasteiger partial charge in [0, 0.05) is 0 Å². The second-order valence-electron chi connectivity index (χ2n) is 1.13. The molecular weight excluding hydrogens is 99.0 g/mol. The van der Waals surface area contributed by atoms with Crippen molar-refractivity contribution in [3.63, 3.8) is 0 Å². The minimum absolute atomic E-state index is 0.505. The van der Waals surface area contributed by atoms with Crippen LogP contribution < -0.4 is 5.73 Å². The summed E-state index contributed by atoms with van der Waals surface area (Å²) in [5.41, 5.74) is 4.77. The van der Waals surface area contributed by atoms with Gasteiger partial charge < -0.3 is 15.9 Å². The van der Waals surface area contributed by atoms with Crippen LogP contribution in [0.3, 0.4) is 0 Å². The molecule has 0 spiro atoms. The molecule has 0 fully saturated rings. The molecule has 0 saturated carbocycles. The number of aliphatic carboxylic acids is 1. The van der Waals surface area contributed by atoms with E-state index in [0.717, 1.165) is 0 Å². The van der Waals surface area contributed by atoms with Crippen LogP contribution in [0.2, 0.25) is 0 Å². The molecule has 1 atom stereocenters. The molecule has 42 valence electrons. The molecule has 0 bridgehead atoms. The fourth-order valence-corrected chi connectivity index (χ4v) is 0.0781. The zero-order valence-corrected chi connectivity index (χ0v) is 3.66. The average Bonchev–Trinajstić information content (AvgIpc) is 1.65. The fraction of sp³-hybridized carbons (Fsp3) is 0.667. The summed E-state index contributed by atoms with van der Waals surface area (Å²) < 4.78 is 0. The lowest BCUT2D eigenvalue weighted by molar-refractivity contribution is -0.139. The molecule has 0 amide bonds. The summed E-state index contributed by atoms with van der Waals surface area (Å²) in [5, 5.41) is 15.9.